The summed E-state index contributed by atoms with van der Waals surface area (Å²) in [5, 5.41) is 8.23. The van der Waals surface area contributed by atoms with E-state index in [-0.39, 0.29) is 0 Å². The van der Waals surface area contributed by atoms with Crippen LogP contribution < -0.4 is 5.32 Å². The average Bonchev–Trinajstić information content (AvgIpc) is 2.78. The third-order valence-corrected chi connectivity index (χ3v) is 3.38. The van der Waals surface area contributed by atoms with Crippen molar-refractivity contribution < 1.29 is 0 Å². The number of nitrogens with one attached hydrogen (secondary N) is 1. The van der Waals surface area contributed by atoms with E-state index in [1.165, 1.54) is 17.8 Å². The quantitative estimate of drug-likeness (QED) is 0.790. The molecule has 0 fully saturated rings. The van der Waals surface area contributed by atoms with Crippen molar-refractivity contribution >= 4 is 0 Å². The van der Waals surface area contributed by atoms with Crippen molar-refractivity contribution in [2.24, 2.45) is 0 Å². The van der Waals surface area contributed by atoms with Gasteiger partial charge in [0.1, 0.15) is 0 Å². The summed E-state index contributed by atoms with van der Waals surface area (Å²) in [5.41, 5.74) is 2.55. The van der Waals surface area contributed by atoms with E-state index in [9.17, 15) is 0 Å². The molecule has 0 amide bonds. The highest BCUT2D eigenvalue weighted by molar-refractivity contribution is 5.11. The van der Waals surface area contributed by atoms with E-state index < -0.39 is 0 Å². The molecule has 1 rings (SSSR count). The summed E-state index contributed by atoms with van der Waals surface area (Å²) >= 11 is 0. The van der Waals surface area contributed by atoms with Gasteiger partial charge in [0.05, 0.1) is 11.7 Å². The predicted molar refractivity (Wildman–Crippen MR) is 73.4 cm³/mol. The Bertz CT molecular complexity index is 330. The van der Waals surface area contributed by atoms with Crippen LogP contribution in [-0.4, -0.2) is 22.4 Å². The predicted octanol–water partition coefficient (Wildman–Crippen LogP) is 2.96. The summed E-state index contributed by atoms with van der Waals surface area (Å²) < 4.78 is 2.19. The number of nitrogens with zero attached hydrogens (tertiary/aromatic N) is 2. The van der Waals surface area contributed by atoms with Crippen molar-refractivity contribution in [3.8, 4) is 0 Å². The van der Waals surface area contributed by atoms with E-state index in [2.05, 4.69) is 55.8 Å². The summed E-state index contributed by atoms with van der Waals surface area (Å²) in [5.74, 6) is 0. The third kappa shape index (κ3) is 3.84. The van der Waals surface area contributed by atoms with E-state index in [4.69, 9.17) is 0 Å². The van der Waals surface area contributed by atoms with Crippen LogP contribution in [0, 0.1) is 0 Å². The maximum Gasteiger partial charge on any atom is 0.0624 e. The number of rotatable bonds is 7. The maximum atomic E-state index is 4.68. The molecule has 0 spiro atoms. The Hall–Kier alpha value is -0.830. The van der Waals surface area contributed by atoms with Crippen LogP contribution in [0.25, 0.3) is 0 Å². The molecule has 0 saturated heterocycles. The van der Waals surface area contributed by atoms with Crippen molar-refractivity contribution in [1.82, 2.24) is 15.1 Å². The molecule has 3 nitrogen and oxygen atoms in total. The van der Waals surface area contributed by atoms with Gasteiger partial charge in [-0.05, 0) is 39.2 Å². The second-order valence-electron chi connectivity index (χ2n) is 4.85. The average molecular weight is 237 g/mol. The second-order valence-corrected chi connectivity index (χ2v) is 4.85. The molecule has 0 bridgehead atoms. The zero-order chi connectivity index (χ0) is 12.8. The van der Waals surface area contributed by atoms with Crippen LogP contribution >= 0.6 is 0 Å². The Morgan fingerprint density at radius 2 is 1.94 bits per heavy atom. The van der Waals surface area contributed by atoms with Crippen LogP contribution in [0.15, 0.2) is 6.07 Å². The molecule has 0 saturated carbocycles. The summed E-state index contributed by atoms with van der Waals surface area (Å²) in [6, 6.07) is 3.25. The molecule has 0 aliphatic carbocycles. The number of hydrogen-bond acceptors (Lipinski definition) is 2. The summed E-state index contributed by atoms with van der Waals surface area (Å²) in [6.45, 7) is 12.0. The first-order valence-electron chi connectivity index (χ1n) is 6.92. The molecule has 98 valence electrons. The lowest BCUT2D eigenvalue weighted by Crippen LogP contribution is -2.31. The standard InChI is InChI=1S/C14H27N3/c1-6-11(4)15-10-12(5)17-14(8-3)9-13(7-2)16-17/h9,11-12,15H,6-8,10H2,1-5H3. The molecule has 17 heavy (non-hydrogen) atoms. The van der Waals surface area contributed by atoms with E-state index in [1.807, 2.05) is 0 Å². The minimum atomic E-state index is 0.430. The topological polar surface area (TPSA) is 29.9 Å². The summed E-state index contributed by atoms with van der Waals surface area (Å²) in [4.78, 5) is 0. The number of aromatic nitrogens is 2. The van der Waals surface area contributed by atoms with Crippen LogP contribution in [0.1, 0.15) is 58.5 Å². The zero-order valence-corrected chi connectivity index (χ0v) is 12.0. The smallest absolute Gasteiger partial charge is 0.0624 e. The Balaban J connectivity index is 2.66. The Morgan fingerprint density at radius 3 is 2.47 bits per heavy atom. The third-order valence-electron chi connectivity index (χ3n) is 3.38. The van der Waals surface area contributed by atoms with Crippen molar-refractivity contribution in [2.75, 3.05) is 6.54 Å². The molecule has 1 heterocycles. The van der Waals surface area contributed by atoms with Gasteiger partial charge in [0.15, 0.2) is 0 Å². The molecule has 3 heteroatoms. The van der Waals surface area contributed by atoms with Crippen molar-refractivity contribution in [3.05, 3.63) is 17.5 Å². The van der Waals surface area contributed by atoms with E-state index in [0.29, 0.717) is 12.1 Å². The van der Waals surface area contributed by atoms with Crippen LogP contribution in [0.2, 0.25) is 0 Å². The van der Waals surface area contributed by atoms with Gasteiger partial charge in [0.25, 0.3) is 0 Å². The molecule has 0 radical (unpaired) electrons. The van der Waals surface area contributed by atoms with Crippen LogP contribution in [0.4, 0.5) is 0 Å². The van der Waals surface area contributed by atoms with Crippen LogP contribution in [-0.2, 0) is 12.8 Å². The van der Waals surface area contributed by atoms with Gasteiger partial charge < -0.3 is 5.32 Å². The van der Waals surface area contributed by atoms with Gasteiger partial charge in [-0.1, -0.05) is 20.8 Å². The Morgan fingerprint density at radius 1 is 1.24 bits per heavy atom. The van der Waals surface area contributed by atoms with Gasteiger partial charge >= 0.3 is 0 Å². The minimum Gasteiger partial charge on any atom is -0.312 e. The van der Waals surface area contributed by atoms with Gasteiger partial charge in [0.2, 0.25) is 0 Å². The maximum absolute atomic E-state index is 4.68. The van der Waals surface area contributed by atoms with Gasteiger partial charge in [-0.15, -0.1) is 0 Å². The molecule has 0 aliphatic rings. The second kappa shape index (κ2) is 6.80. The first-order chi connectivity index (χ1) is 8.12. The highest BCUT2D eigenvalue weighted by Gasteiger charge is 2.12. The van der Waals surface area contributed by atoms with Crippen molar-refractivity contribution in [2.45, 2.75) is 66.0 Å². The molecular formula is C14H27N3. The fourth-order valence-corrected chi connectivity index (χ4v) is 1.91. The highest BCUT2D eigenvalue weighted by atomic mass is 15.3. The molecule has 0 aliphatic heterocycles. The van der Waals surface area contributed by atoms with Gasteiger partial charge in [-0.25, -0.2) is 0 Å². The largest absolute Gasteiger partial charge is 0.312 e. The SMILES string of the molecule is CCc1cc(CC)n(C(C)CNC(C)CC)n1. The van der Waals surface area contributed by atoms with E-state index in [1.54, 1.807) is 0 Å². The van der Waals surface area contributed by atoms with Crippen molar-refractivity contribution in [3.63, 3.8) is 0 Å². The fourth-order valence-electron chi connectivity index (χ4n) is 1.91. The Kier molecular flexibility index (Phi) is 5.69. The van der Waals surface area contributed by atoms with E-state index in [0.717, 1.165) is 19.4 Å². The Labute approximate surface area is 106 Å². The molecule has 1 N–H and O–H groups in total. The first-order valence-corrected chi connectivity index (χ1v) is 6.92. The molecule has 2 atom stereocenters. The van der Waals surface area contributed by atoms with Crippen LogP contribution in [0.5, 0.6) is 0 Å². The normalized spacial score (nSPS) is 14.9. The molecular weight excluding hydrogens is 210 g/mol. The number of hydrogen-bond donors (Lipinski definition) is 1. The molecule has 1 aromatic rings. The summed E-state index contributed by atoms with van der Waals surface area (Å²) in [6.07, 6.45) is 3.25. The monoisotopic (exact) mass is 237 g/mol. The van der Waals surface area contributed by atoms with Crippen LogP contribution in [0.3, 0.4) is 0 Å². The number of aryl methyl sites for hydroxylation is 2. The first kappa shape index (κ1) is 14.2. The lowest BCUT2D eigenvalue weighted by molar-refractivity contribution is 0.409. The zero-order valence-electron chi connectivity index (χ0n) is 12.0. The molecule has 0 aromatic carbocycles. The molecule has 2 unspecified atom stereocenters. The van der Waals surface area contributed by atoms with Gasteiger partial charge in [0, 0.05) is 18.3 Å². The van der Waals surface area contributed by atoms with Crippen molar-refractivity contribution in [1.29, 1.82) is 0 Å². The highest BCUT2D eigenvalue weighted by Crippen LogP contribution is 2.12. The fraction of sp³-hybridized carbons (Fsp3) is 0.786. The van der Waals surface area contributed by atoms with Gasteiger partial charge in [-0.2, -0.15) is 5.10 Å². The lowest BCUT2D eigenvalue weighted by Gasteiger charge is -2.18. The lowest BCUT2D eigenvalue weighted by atomic mass is 10.2. The molecule has 1 aromatic heterocycles. The minimum absolute atomic E-state index is 0.430. The van der Waals surface area contributed by atoms with Gasteiger partial charge in [-0.3, -0.25) is 4.68 Å². The van der Waals surface area contributed by atoms with E-state index >= 15 is 0 Å². The summed E-state index contributed by atoms with van der Waals surface area (Å²) in [7, 11) is 0.